The molecule has 1 rings (SSSR count). The molecule has 1 amide bonds. The third-order valence-corrected chi connectivity index (χ3v) is 7.42. The highest BCUT2D eigenvalue weighted by Crippen LogP contribution is 2.20. The molecule has 0 aliphatic carbocycles. The lowest BCUT2D eigenvalue weighted by Gasteiger charge is -2.29. The minimum atomic E-state index is -3.56. The van der Waals surface area contributed by atoms with Crippen molar-refractivity contribution in [3.8, 4) is 5.75 Å². The summed E-state index contributed by atoms with van der Waals surface area (Å²) in [5.74, 6) is 0.400. The van der Waals surface area contributed by atoms with E-state index in [9.17, 15) is 13.2 Å². The molecule has 5 nitrogen and oxygen atoms in total. The molecule has 0 heterocycles. The highest BCUT2D eigenvalue weighted by Gasteiger charge is 2.19. The first-order chi connectivity index (χ1) is 15.8. The van der Waals surface area contributed by atoms with Crippen LogP contribution in [-0.2, 0) is 21.5 Å². The van der Waals surface area contributed by atoms with Gasteiger partial charge >= 0.3 is 10.1 Å². The van der Waals surface area contributed by atoms with E-state index in [2.05, 4.69) is 20.8 Å². The van der Waals surface area contributed by atoms with Crippen LogP contribution in [0.25, 0.3) is 0 Å². The van der Waals surface area contributed by atoms with Gasteiger partial charge in [-0.2, -0.15) is 8.42 Å². The maximum absolute atomic E-state index is 13.0. The molecule has 190 valence electrons. The quantitative estimate of drug-likeness (QED) is 0.154. The number of carbonyl (C=O) groups is 1. The summed E-state index contributed by atoms with van der Waals surface area (Å²) in [7, 11) is -3.56. The van der Waals surface area contributed by atoms with Crippen LogP contribution in [0.5, 0.6) is 5.75 Å². The van der Waals surface area contributed by atoms with Gasteiger partial charge in [-0.1, -0.05) is 90.2 Å². The average Bonchev–Trinajstić information content (AvgIpc) is 2.80. The van der Waals surface area contributed by atoms with Crippen molar-refractivity contribution in [2.75, 3.05) is 5.75 Å². The summed E-state index contributed by atoms with van der Waals surface area (Å²) < 4.78 is 28.7. The van der Waals surface area contributed by atoms with Crippen LogP contribution in [0.2, 0.25) is 0 Å². The van der Waals surface area contributed by atoms with Gasteiger partial charge in [0.05, 0.1) is 5.75 Å². The third kappa shape index (κ3) is 13.0. The van der Waals surface area contributed by atoms with Crippen LogP contribution in [0.15, 0.2) is 24.3 Å². The van der Waals surface area contributed by atoms with Crippen molar-refractivity contribution in [3.63, 3.8) is 0 Å². The van der Waals surface area contributed by atoms with E-state index in [-0.39, 0.29) is 17.7 Å². The second-order valence-corrected chi connectivity index (χ2v) is 11.0. The lowest BCUT2D eigenvalue weighted by molar-refractivity contribution is -0.134. The molecule has 1 aromatic rings. The SMILES string of the molecule is CCCCCCCCCCCCCC(=O)N(Cc1cccc(OS(=O)(=O)CC)c1)[C@H](C)CC. The van der Waals surface area contributed by atoms with Gasteiger partial charge in [-0.3, -0.25) is 4.79 Å². The molecule has 0 spiro atoms. The van der Waals surface area contributed by atoms with Crippen LogP contribution in [-0.4, -0.2) is 31.0 Å². The minimum Gasteiger partial charge on any atom is -0.382 e. The third-order valence-electron chi connectivity index (χ3n) is 6.27. The topological polar surface area (TPSA) is 63.7 Å². The lowest BCUT2D eigenvalue weighted by Crippen LogP contribution is -2.37. The van der Waals surface area contributed by atoms with Crippen molar-refractivity contribution >= 4 is 16.0 Å². The summed E-state index contributed by atoms with van der Waals surface area (Å²) in [4.78, 5) is 14.9. The summed E-state index contributed by atoms with van der Waals surface area (Å²) in [6, 6.07) is 7.18. The second kappa shape index (κ2) is 17.0. The molecule has 0 saturated carbocycles. The fraction of sp³-hybridized carbons (Fsp3) is 0.741. The van der Waals surface area contributed by atoms with E-state index in [1.807, 2.05) is 11.0 Å². The largest absolute Gasteiger partial charge is 0.382 e. The Bertz CT molecular complexity index is 763. The number of nitrogens with zero attached hydrogens (tertiary/aromatic N) is 1. The number of carbonyl (C=O) groups excluding carboxylic acids is 1. The van der Waals surface area contributed by atoms with Crippen molar-refractivity contribution < 1.29 is 17.4 Å². The molecule has 0 aliphatic rings. The maximum atomic E-state index is 13.0. The Morgan fingerprint density at radius 1 is 0.909 bits per heavy atom. The van der Waals surface area contributed by atoms with Crippen molar-refractivity contribution in [3.05, 3.63) is 29.8 Å². The number of amides is 1. The number of benzene rings is 1. The monoisotopic (exact) mass is 481 g/mol. The molecule has 1 atom stereocenters. The van der Waals surface area contributed by atoms with Gasteiger partial charge in [0.15, 0.2) is 0 Å². The standard InChI is InChI=1S/C27H47NO4S/c1-5-8-9-10-11-12-13-14-15-16-17-21-27(29)28(24(4)6-2)23-25-19-18-20-26(22-25)32-33(30,31)7-3/h18-20,22,24H,5-17,21,23H2,1-4H3/t24-/m1/s1. The molecule has 0 saturated heterocycles. The number of rotatable bonds is 19. The van der Waals surface area contributed by atoms with Gasteiger partial charge in [-0.15, -0.1) is 0 Å². The molecular weight excluding hydrogens is 434 g/mol. The van der Waals surface area contributed by atoms with Crippen LogP contribution < -0.4 is 4.18 Å². The zero-order valence-electron chi connectivity index (χ0n) is 21.5. The van der Waals surface area contributed by atoms with E-state index in [0.29, 0.717) is 18.7 Å². The molecule has 0 fully saturated rings. The fourth-order valence-electron chi connectivity index (χ4n) is 3.89. The van der Waals surface area contributed by atoms with Crippen molar-refractivity contribution in [2.24, 2.45) is 0 Å². The van der Waals surface area contributed by atoms with Crippen LogP contribution in [0.4, 0.5) is 0 Å². The molecule has 0 N–H and O–H groups in total. The van der Waals surface area contributed by atoms with E-state index in [4.69, 9.17) is 4.18 Å². The van der Waals surface area contributed by atoms with Crippen molar-refractivity contribution in [1.29, 1.82) is 0 Å². The smallest absolute Gasteiger partial charge is 0.308 e. The average molecular weight is 482 g/mol. The van der Waals surface area contributed by atoms with Crippen molar-refractivity contribution in [2.45, 2.75) is 124 Å². The first-order valence-electron chi connectivity index (χ1n) is 13.1. The summed E-state index contributed by atoms with van der Waals surface area (Å²) in [6.45, 7) is 8.43. The predicted molar refractivity (Wildman–Crippen MR) is 138 cm³/mol. The van der Waals surface area contributed by atoms with E-state index in [1.165, 1.54) is 57.8 Å². The van der Waals surface area contributed by atoms with Crippen LogP contribution in [0, 0.1) is 0 Å². The Kier molecular flexibility index (Phi) is 15.1. The van der Waals surface area contributed by atoms with Gasteiger partial charge in [0.1, 0.15) is 5.75 Å². The molecule has 0 bridgehead atoms. The zero-order chi connectivity index (χ0) is 24.5. The summed E-state index contributed by atoms with van der Waals surface area (Å²) in [5, 5.41) is 0. The van der Waals surface area contributed by atoms with Gasteiger partial charge in [-0.25, -0.2) is 0 Å². The summed E-state index contributed by atoms with van der Waals surface area (Å²) in [5.41, 5.74) is 0.881. The zero-order valence-corrected chi connectivity index (χ0v) is 22.3. The molecule has 0 aliphatic heterocycles. The molecule has 1 aromatic carbocycles. The minimum absolute atomic E-state index is 0.0757. The highest BCUT2D eigenvalue weighted by atomic mass is 32.2. The van der Waals surface area contributed by atoms with Gasteiger partial charge in [-0.05, 0) is 44.4 Å². The second-order valence-electron chi connectivity index (χ2n) is 9.14. The van der Waals surface area contributed by atoms with Crippen molar-refractivity contribution in [1.82, 2.24) is 4.90 Å². The van der Waals surface area contributed by atoms with Gasteiger partial charge < -0.3 is 9.08 Å². The van der Waals surface area contributed by atoms with Gasteiger partial charge in [0.25, 0.3) is 0 Å². The Hall–Kier alpha value is -1.56. The summed E-state index contributed by atoms with van der Waals surface area (Å²) in [6.07, 6.45) is 15.4. The first-order valence-corrected chi connectivity index (χ1v) is 14.7. The molecule has 33 heavy (non-hydrogen) atoms. The van der Waals surface area contributed by atoms with E-state index >= 15 is 0 Å². The lowest BCUT2D eigenvalue weighted by atomic mass is 10.0. The Balaban J connectivity index is 2.44. The molecule has 0 unspecified atom stereocenters. The Morgan fingerprint density at radius 3 is 2.03 bits per heavy atom. The first kappa shape index (κ1) is 29.5. The predicted octanol–water partition coefficient (Wildman–Crippen LogP) is 7.24. The normalized spacial score (nSPS) is 12.5. The maximum Gasteiger partial charge on any atom is 0.308 e. The molecular formula is C27H47NO4S. The summed E-state index contributed by atoms with van der Waals surface area (Å²) >= 11 is 0. The van der Waals surface area contributed by atoms with Gasteiger partial charge in [0, 0.05) is 19.0 Å². The van der Waals surface area contributed by atoms with Crippen LogP contribution in [0.3, 0.4) is 0 Å². The molecule has 0 radical (unpaired) electrons. The van der Waals surface area contributed by atoms with E-state index < -0.39 is 10.1 Å². The van der Waals surface area contributed by atoms with Crippen LogP contribution in [0.1, 0.15) is 117 Å². The molecule has 6 heteroatoms. The highest BCUT2D eigenvalue weighted by molar-refractivity contribution is 7.87. The molecule has 0 aromatic heterocycles. The van der Waals surface area contributed by atoms with Crippen LogP contribution >= 0.6 is 0 Å². The number of hydrogen-bond donors (Lipinski definition) is 0. The number of hydrogen-bond acceptors (Lipinski definition) is 4. The van der Waals surface area contributed by atoms with E-state index in [1.54, 1.807) is 25.1 Å². The van der Waals surface area contributed by atoms with E-state index in [0.717, 1.165) is 24.8 Å². The fourth-order valence-corrected chi connectivity index (χ4v) is 4.41. The number of unbranched alkanes of at least 4 members (excludes halogenated alkanes) is 10. The van der Waals surface area contributed by atoms with Gasteiger partial charge in [0.2, 0.25) is 5.91 Å². The Labute approximate surface area is 203 Å². The Morgan fingerprint density at radius 2 is 1.48 bits per heavy atom.